The van der Waals surface area contributed by atoms with Crippen LogP contribution in [0.25, 0.3) is 4.85 Å². The van der Waals surface area contributed by atoms with Gasteiger partial charge in [0.05, 0.1) is 24.9 Å². The molecule has 6 atom stereocenters. The van der Waals surface area contributed by atoms with E-state index in [9.17, 15) is 0 Å². The summed E-state index contributed by atoms with van der Waals surface area (Å²) in [6.45, 7) is 9.85. The molecule has 1 saturated carbocycles. The van der Waals surface area contributed by atoms with Gasteiger partial charge < -0.3 is 23.8 Å². The van der Waals surface area contributed by atoms with Crippen molar-refractivity contribution in [3.05, 3.63) is 11.4 Å². The SMILES string of the molecule is [C-]#[N+][C@H](C)CC1CC[C@@H]2O[C@@H]([C@H]3COC4(CCCCC4)O3)C[C@]2(CI)O1. The smallest absolute Gasteiger partial charge is 0.223 e. The van der Waals surface area contributed by atoms with E-state index in [1.807, 2.05) is 6.92 Å². The van der Waals surface area contributed by atoms with Gasteiger partial charge in [0.25, 0.3) is 0 Å². The summed E-state index contributed by atoms with van der Waals surface area (Å²) in [6.07, 6.45) is 9.86. The Morgan fingerprint density at radius 2 is 1.96 bits per heavy atom. The lowest BCUT2D eigenvalue weighted by Crippen LogP contribution is -2.50. The van der Waals surface area contributed by atoms with Crippen LogP contribution in [0.4, 0.5) is 0 Å². The summed E-state index contributed by atoms with van der Waals surface area (Å²) in [5.74, 6) is -0.341. The molecule has 4 aliphatic rings. The van der Waals surface area contributed by atoms with Crippen molar-refractivity contribution in [2.24, 2.45) is 0 Å². The summed E-state index contributed by atoms with van der Waals surface area (Å²) in [6, 6.07) is 0.0265. The van der Waals surface area contributed by atoms with Crippen LogP contribution in [-0.4, -0.2) is 52.9 Å². The predicted molar refractivity (Wildman–Crippen MR) is 106 cm³/mol. The van der Waals surface area contributed by atoms with Crippen LogP contribution in [0.3, 0.4) is 0 Å². The molecular formula is C20H30INO4. The first kappa shape index (κ1) is 19.4. The van der Waals surface area contributed by atoms with Crippen molar-refractivity contribution in [3.8, 4) is 0 Å². The van der Waals surface area contributed by atoms with Crippen molar-refractivity contribution in [1.29, 1.82) is 0 Å². The summed E-state index contributed by atoms with van der Waals surface area (Å²) >= 11 is 2.44. The molecule has 26 heavy (non-hydrogen) atoms. The zero-order chi connectivity index (χ0) is 18.2. The van der Waals surface area contributed by atoms with Gasteiger partial charge in [-0.3, -0.25) is 0 Å². The minimum absolute atomic E-state index is 0.0265. The van der Waals surface area contributed by atoms with Crippen LogP contribution in [0, 0.1) is 6.57 Å². The molecule has 0 N–H and O–H groups in total. The highest BCUT2D eigenvalue weighted by atomic mass is 127. The van der Waals surface area contributed by atoms with Crippen LogP contribution in [0.1, 0.15) is 64.7 Å². The maximum atomic E-state index is 7.22. The topological polar surface area (TPSA) is 41.3 Å². The molecular weight excluding hydrogens is 445 g/mol. The lowest BCUT2D eigenvalue weighted by molar-refractivity contribution is -0.199. The van der Waals surface area contributed by atoms with Gasteiger partial charge in [-0.2, -0.15) is 0 Å². The molecule has 3 saturated heterocycles. The monoisotopic (exact) mass is 475 g/mol. The Labute approximate surface area is 170 Å². The molecule has 0 amide bonds. The van der Waals surface area contributed by atoms with E-state index in [1.54, 1.807) is 0 Å². The molecule has 4 rings (SSSR count). The van der Waals surface area contributed by atoms with Gasteiger partial charge in [0.2, 0.25) is 6.04 Å². The Morgan fingerprint density at radius 3 is 2.69 bits per heavy atom. The number of fused-ring (bicyclic) bond motifs is 1. The van der Waals surface area contributed by atoms with E-state index in [1.165, 1.54) is 19.3 Å². The van der Waals surface area contributed by atoms with E-state index >= 15 is 0 Å². The molecule has 1 aliphatic carbocycles. The Balaban J connectivity index is 1.40. The van der Waals surface area contributed by atoms with Gasteiger partial charge >= 0.3 is 0 Å². The molecule has 0 aromatic carbocycles. The fourth-order valence-electron chi connectivity index (χ4n) is 5.14. The first-order chi connectivity index (χ1) is 12.6. The van der Waals surface area contributed by atoms with Crippen LogP contribution in [-0.2, 0) is 18.9 Å². The quantitative estimate of drug-likeness (QED) is 0.346. The van der Waals surface area contributed by atoms with Gasteiger partial charge in [-0.15, -0.1) is 0 Å². The lowest BCUT2D eigenvalue weighted by atomic mass is 9.86. The normalized spacial score (nSPS) is 43.1. The molecule has 0 aromatic rings. The van der Waals surface area contributed by atoms with Gasteiger partial charge in [0.15, 0.2) is 5.79 Å². The minimum atomic E-state index is -0.341. The first-order valence-electron chi connectivity index (χ1n) is 10.2. The molecule has 4 fully saturated rings. The molecule has 3 aliphatic heterocycles. The van der Waals surface area contributed by atoms with Gasteiger partial charge in [-0.1, -0.05) is 29.0 Å². The fourth-order valence-corrected chi connectivity index (χ4v) is 6.12. The first-order valence-corrected chi connectivity index (χ1v) is 11.7. The Bertz CT molecular complexity index is 546. The van der Waals surface area contributed by atoms with Crippen LogP contribution in [0.5, 0.6) is 0 Å². The molecule has 0 bridgehead atoms. The van der Waals surface area contributed by atoms with Crippen LogP contribution in [0.15, 0.2) is 0 Å². The Hall–Kier alpha value is 0.0600. The molecule has 0 radical (unpaired) electrons. The lowest BCUT2D eigenvalue weighted by Gasteiger charge is -2.41. The van der Waals surface area contributed by atoms with Crippen LogP contribution in [0.2, 0.25) is 0 Å². The number of rotatable bonds is 4. The number of ether oxygens (including phenoxy) is 4. The summed E-state index contributed by atoms with van der Waals surface area (Å²) in [5, 5.41) is 0. The highest BCUT2D eigenvalue weighted by Crippen LogP contribution is 2.47. The number of alkyl halides is 1. The van der Waals surface area contributed by atoms with Gasteiger partial charge in [0.1, 0.15) is 11.7 Å². The van der Waals surface area contributed by atoms with E-state index in [0.29, 0.717) is 6.61 Å². The third-order valence-corrected chi connectivity index (χ3v) is 7.87. The third kappa shape index (κ3) is 3.67. The van der Waals surface area contributed by atoms with Gasteiger partial charge in [-0.25, -0.2) is 6.57 Å². The molecule has 1 unspecified atom stereocenters. The van der Waals surface area contributed by atoms with Crippen molar-refractivity contribution in [2.75, 3.05) is 11.0 Å². The zero-order valence-corrected chi connectivity index (χ0v) is 17.8. The molecule has 6 heteroatoms. The maximum Gasteiger partial charge on any atom is 0.223 e. The highest BCUT2D eigenvalue weighted by molar-refractivity contribution is 14.1. The van der Waals surface area contributed by atoms with E-state index < -0.39 is 0 Å². The second-order valence-corrected chi connectivity index (χ2v) is 9.30. The van der Waals surface area contributed by atoms with Crippen molar-refractivity contribution in [2.45, 2.75) is 107 Å². The average Bonchev–Trinajstić information content (AvgIpc) is 3.24. The fraction of sp³-hybridized carbons (Fsp3) is 0.950. The predicted octanol–water partition coefficient (Wildman–Crippen LogP) is 4.27. The zero-order valence-electron chi connectivity index (χ0n) is 15.6. The van der Waals surface area contributed by atoms with Gasteiger partial charge in [-0.05, 0) is 25.7 Å². The van der Waals surface area contributed by atoms with Crippen molar-refractivity contribution >= 4 is 22.6 Å². The third-order valence-electron chi connectivity index (χ3n) is 6.58. The summed E-state index contributed by atoms with van der Waals surface area (Å²) in [5.41, 5.74) is -0.221. The second-order valence-electron chi connectivity index (χ2n) is 8.54. The van der Waals surface area contributed by atoms with Crippen molar-refractivity contribution in [3.63, 3.8) is 0 Å². The van der Waals surface area contributed by atoms with Crippen LogP contribution >= 0.6 is 22.6 Å². The average molecular weight is 475 g/mol. The van der Waals surface area contributed by atoms with E-state index in [2.05, 4.69) is 27.4 Å². The molecule has 0 aromatic heterocycles. The summed E-state index contributed by atoms with van der Waals surface area (Å²) in [7, 11) is 0. The summed E-state index contributed by atoms with van der Waals surface area (Å²) < 4.78 is 26.5. The molecule has 5 nitrogen and oxygen atoms in total. The number of halogens is 1. The molecule has 146 valence electrons. The largest absolute Gasteiger partial charge is 0.369 e. The van der Waals surface area contributed by atoms with Crippen molar-refractivity contribution in [1.82, 2.24) is 0 Å². The molecule has 1 spiro atoms. The highest BCUT2D eigenvalue weighted by Gasteiger charge is 2.56. The van der Waals surface area contributed by atoms with E-state index in [4.69, 9.17) is 25.5 Å². The Morgan fingerprint density at radius 1 is 1.15 bits per heavy atom. The number of hydrogen-bond donors (Lipinski definition) is 0. The van der Waals surface area contributed by atoms with E-state index in [0.717, 1.165) is 43.0 Å². The molecule has 3 heterocycles. The van der Waals surface area contributed by atoms with Crippen molar-refractivity contribution < 1.29 is 18.9 Å². The van der Waals surface area contributed by atoms with E-state index in [-0.39, 0.29) is 41.8 Å². The number of hydrogen-bond acceptors (Lipinski definition) is 4. The minimum Gasteiger partial charge on any atom is -0.369 e. The van der Waals surface area contributed by atoms with Gasteiger partial charge in [0, 0.05) is 37.0 Å². The Kier molecular flexibility index (Phi) is 5.83. The standard InChI is InChI=1S/C20H30INO4/c1-14(22-2)10-15-6-7-18-19(13-21,25-15)11-16(24-18)17-12-23-20(26-17)8-4-3-5-9-20/h14-18H,3-13H2,1H3/t14-,15?,16-,17-,18+,19-/m1/s1. The maximum absolute atomic E-state index is 7.22. The van der Waals surface area contributed by atoms with Crippen LogP contribution < -0.4 is 0 Å². The second kappa shape index (κ2) is 7.82. The number of nitrogens with zero attached hydrogens (tertiary/aromatic N) is 1. The summed E-state index contributed by atoms with van der Waals surface area (Å²) in [4.78, 5) is 3.64.